The number of hydrogen-bond donors (Lipinski definition) is 4. The molecular weight excluding hydrogens is 920 g/mol. The number of hydrogen-bond acceptors (Lipinski definition) is 14. The lowest BCUT2D eigenvalue weighted by atomic mass is 9.70. The number of piperidine rings is 1. The molecule has 8 rings (SSSR count). The van der Waals surface area contributed by atoms with Crippen LogP contribution < -0.4 is 24.4 Å². The number of amides is 1. The summed E-state index contributed by atoms with van der Waals surface area (Å²) in [6, 6.07) is 16.5. The average molecular weight is 985 g/mol. The third kappa shape index (κ3) is 11.2. The van der Waals surface area contributed by atoms with Gasteiger partial charge in [-0.2, -0.15) is 4.98 Å². The number of fused-ring (bicyclic) bond motifs is 1. The van der Waals surface area contributed by atoms with Crippen molar-refractivity contribution in [3.8, 4) is 17.4 Å². The fourth-order valence-electron chi connectivity index (χ4n) is 10.3. The molecule has 5 aromatic rings. The predicted octanol–water partition coefficient (Wildman–Crippen LogP) is 9.05. The van der Waals surface area contributed by atoms with Crippen LogP contribution in [0.5, 0.6) is 17.4 Å². The van der Waals surface area contributed by atoms with Crippen molar-refractivity contribution < 1.29 is 41.8 Å². The van der Waals surface area contributed by atoms with E-state index in [4.69, 9.17) is 14.2 Å². The fourth-order valence-corrected chi connectivity index (χ4v) is 11.2. The van der Waals surface area contributed by atoms with Crippen LogP contribution in [0, 0.1) is 21.3 Å². The van der Waals surface area contributed by atoms with Gasteiger partial charge in [-0.15, -0.1) is 0 Å². The summed E-state index contributed by atoms with van der Waals surface area (Å²) in [5, 5.41) is 25.4. The van der Waals surface area contributed by atoms with Gasteiger partial charge in [0.2, 0.25) is 5.82 Å². The smallest absolute Gasteiger partial charge is 0.312 e. The minimum Gasteiger partial charge on any atom is -0.473 e. The number of anilines is 2. The summed E-state index contributed by atoms with van der Waals surface area (Å²) in [5.74, 6) is -0.951. The largest absolute Gasteiger partial charge is 0.473 e. The van der Waals surface area contributed by atoms with Crippen LogP contribution in [-0.2, 0) is 14.8 Å². The van der Waals surface area contributed by atoms with Crippen LogP contribution in [0.4, 0.5) is 21.6 Å². The molecule has 1 spiro atoms. The number of methoxy groups -OCH3 is 1. The van der Waals surface area contributed by atoms with E-state index in [9.17, 15) is 32.8 Å². The lowest BCUT2D eigenvalue weighted by Gasteiger charge is -2.57. The van der Waals surface area contributed by atoms with Gasteiger partial charge in [-0.3, -0.25) is 19.8 Å². The predicted molar refractivity (Wildman–Crippen MR) is 265 cm³/mol. The van der Waals surface area contributed by atoms with E-state index in [0.717, 1.165) is 63.2 Å². The van der Waals surface area contributed by atoms with E-state index in [1.54, 1.807) is 19.1 Å². The number of unbranched alkanes of at least 4 members (excludes halogenated alkanes) is 1. The molecule has 2 saturated heterocycles. The van der Waals surface area contributed by atoms with Gasteiger partial charge in [0.15, 0.2) is 5.75 Å². The molecule has 3 aromatic heterocycles. The van der Waals surface area contributed by atoms with Crippen molar-refractivity contribution in [1.82, 2.24) is 24.6 Å². The van der Waals surface area contributed by atoms with Gasteiger partial charge in [-0.25, -0.2) is 22.5 Å². The number of sulfonamides is 1. The summed E-state index contributed by atoms with van der Waals surface area (Å²) < 4.78 is 62.1. The van der Waals surface area contributed by atoms with Crippen molar-refractivity contribution in [3.63, 3.8) is 0 Å². The van der Waals surface area contributed by atoms with Crippen molar-refractivity contribution >= 4 is 44.2 Å². The Morgan fingerprint density at radius 2 is 1.86 bits per heavy atom. The number of aromatic nitrogens is 3. The molecule has 3 fully saturated rings. The molecule has 0 bridgehead atoms. The molecule has 0 radical (unpaired) electrons. The standard InChI is InChI=1S/C51H65FN8O9S/c1-6-50(4,62)18-9-10-21-53-47-43(60(63)64)27-35(29-54-47)70(65,66)57-48(61)39-17-16-34(26-44(39)69-45-28-40-41(52)30-55-46(40)56-49(45)68-25-24-67-5)58-22-19-51(20-23-58)31-59(32-51)42-15-11-14-38(42)37-13-8-7-12-36(37)33(2)3/h7-8,12-13,16-17,26-30,33,38,42,62H,6,9-11,14-15,18-25,31-32H2,1-5H3,(H,53,54)(H,55,56)(H,57,61)/t38-,42-,50-/m1/s1. The number of carbonyl (C=O) groups excluding carboxylic acids is 1. The summed E-state index contributed by atoms with van der Waals surface area (Å²) in [6.45, 7) is 12.3. The van der Waals surface area contributed by atoms with Crippen LogP contribution >= 0.6 is 0 Å². The van der Waals surface area contributed by atoms with Crippen LogP contribution in [0.2, 0.25) is 0 Å². The molecule has 3 aliphatic rings. The highest BCUT2D eigenvalue weighted by atomic mass is 32.2. The Hall–Kier alpha value is -5.89. The van der Waals surface area contributed by atoms with Gasteiger partial charge in [0.1, 0.15) is 28.7 Å². The number of aliphatic hydroxyl groups is 1. The van der Waals surface area contributed by atoms with Crippen LogP contribution in [0.25, 0.3) is 11.0 Å². The normalized spacial score (nSPS) is 19.0. The summed E-state index contributed by atoms with van der Waals surface area (Å²) in [5.41, 5.74) is 2.45. The maximum atomic E-state index is 15.0. The van der Waals surface area contributed by atoms with Gasteiger partial charge in [-0.05, 0) is 98.8 Å². The Bertz CT molecular complexity index is 2790. The second kappa shape index (κ2) is 21.2. The highest BCUT2D eigenvalue weighted by Crippen LogP contribution is 2.49. The SMILES string of the molecule is CC[C@@](C)(O)CCCCNc1ncc(S(=O)(=O)NC(=O)c2ccc(N3CCC4(CC3)CN([C@@H]3CCC[C@@H]3c3ccccc3C(C)C)C4)cc2Oc2cc3c(F)c[nH]c3nc2OCCOC)cc1[N+](=O)[O-]. The first-order valence-electron chi connectivity index (χ1n) is 24.4. The van der Waals surface area contributed by atoms with E-state index < -0.39 is 42.9 Å². The Labute approximate surface area is 408 Å². The summed E-state index contributed by atoms with van der Waals surface area (Å²) in [4.78, 5) is 41.1. The molecule has 0 unspecified atom stereocenters. The molecule has 1 amide bonds. The van der Waals surface area contributed by atoms with E-state index in [0.29, 0.717) is 50.1 Å². The van der Waals surface area contributed by atoms with E-state index in [1.165, 1.54) is 49.6 Å². The van der Waals surface area contributed by atoms with Gasteiger partial charge in [0.25, 0.3) is 21.8 Å². The first-order valence-corrected chi connectivity index (χ1v) is 25.9. The lowest BCUT2D eigenvalue weighted by Crippen LogP contribution is -2.63. The number of likely N-dealkylation sites (tertiary alicyclic amines) is 1. The minimum absolute atomic E-state index is 0.0256. The number of aromatic amines is 1. The first-order chi connectivity index (χ1) is 33.5. The monoisotopic (exact) mass is 984 g/mol. The second-order valence-corrected chi connectivity index (χ2v) is 21.4. The van der Waals surface area contributed by atoms with Crippen LogP contribution in [0.15, 0.2) is 71.9 Å². The number of nitro groups is 1. The van der Waals surface area contributed by atoms with Gasteiger partial charge in [0, 0.05) is 76.0 Å². The van der Waals surface area contributed by atoms with Gasteiger partial charge in [0.05, 0.1) is 34.3 Å². The van der Waals surface area contributed by atoms with Gasteiger partial charge < -0.3 is 34.5 Å². The number of H-pyrrole nitrogens is 1. The Morgan fingerprint density at radius 1 is 1.09 bits per heavy atom. The Kier molecular flexibility index (Phi) is 15.3. The number of carbonyl (C=O) groups is 1. The molecule has 19 heteroatoms. The third-order valence-corrected chi connectivity index (χ3v) is 15.8. The Balaban J connectivity index is 1.01. The van der Waals surface area contributed by atoms with E-state index in [-0.39, 0.29) is 58.4 Å². The number of benzene rings is 2. The number of rotatable bonds is 21. The molecule has 5 heterocycles. The number of ether oxygens (including phenoxy) is 3. The minimum atomic E-state index is -4.74. The molecule has 376 valence electrons. The molecule has 1 saturated carbocycles. The third-order valence-electron chi connectivity index (χ3n) is 14.5. The highest BCUT2D eigenvalue weighted by Gasteiger charge is 2.49. The number of nitrogens with one attached hydrogen (secondary N) is 3. The highest BCUT2D eigenvalue weighted by molar-refractivity contribution is 7.90. The van der Waals surface area contributed by atoms with Crippen LogP contribution in [0.1, 0.15) is 119 Å². The van der Waals surface area contributed by atoms with Crippen molar-refractivity contribution in [2.75, 3.05) is 63.3 Å². The molecule has 2 aliphatic heterocycles. The number of halogens is 1. The van der Waals surface area contributed by atoms with Crippen LogP contribution in [0.3, 0.4) is 0 Å². The molecule has 70 heavy (non-hydrogen) atoms. The zero-order chi connectivity index (χ0) is 49.8. The summed E-state index contributed by atoms with van der Waals surface area (Å²) in [6.07, 6.45) is 10.00. The molecule has 3 atom stereocenters. The molecule has 1 aliphatic carbocycles. The Morgan fingerprint density at radius 3 is 2.59 bits per heavy atom. The molecule has 17 nitrogen and oxygen atoms in total. The zero-order valence-corrected chi connectivity index (χ0v) is 41.4. The van der Waals surface area contributed by atoms with E-state index >= 15 is 0 Å². The van der Waals surface area contributed by atoms with E-state index in [2.05, 4.69) is 68.2 Å². The quantitative estimate of drug-likeness (QED) is 0.0307. The second-order valence-electron chi connectivity index (χ2n) is 19.7. The maximum Gasteiger partial charge on any atom is 0.312 e. The molecule has 2 aromatic carbocycles. The maximum absolute atomic E-state index is 15.0. The van der Waals surface area contributed by atoms with Crippen molar-refractivity contribution in [2.24, 2.45) is 5.41 Å². The lowest BCUT2D eigenvalue weighted by molar-refractivity contribution is -0.384. The fraction of sp³-hybridized carbons (Fsp3) is 0.510. The van der Waals surface area contributed by atoms with Crippen molar-refractivity contribution in [1.29, 1.82) is 0 Å². The number of nitrogens with zero attached hydrogens (tertiary/aromatic N) is 5. The van der Waals surface area contributed by atoms with Crippen molar-refractivity contribution in [3.05, 3.63) is 99.6 Å². The summed E-state index contributed by atoms with van der Waals surface area (Å²) >= 11 is 0. The van der Waals surface area contributed by atoms with Gasteiger partial charge >= 0.3 is 5.69 Å². The summed E-state index contributed by atoms with van der Waals surface area (Å²) in [7, 11) is -3.23. The topological polar surface area (TPSA) is 214 Å². The zero-order valence-electron chi connectivity index (χ0n) is 40.6. The number of pyridine rings is 2. The van der Waals surface area contributed by atoms with Gasteiger partial charge in [-0.1, -0.05) is 51.5 Å². The first kappa shape index (κ1) is 50.5. The van der Waals surface area contributed by atoms with E-state index in [1.807, 2.05) is 11.6 Å². The molecular formula is C51H65FN8O9S. The van der Waals surface area contributed by atoms with Crippen LogP contribution in [-0.4, -0.2) is 109 Å². The molecule has 4 N–H and O–H groups in total. The average Bonchev–Trinajstić information content (AvgIpc) is 3.96. The van der Waals surface area contributed by atoms with Crippen molar-refractivity contribution in [2.45, 2.75) is 114 Å².